The van der Waals surface area contributed by atoms with Gasteiger partial charge < -0.3 is 10.1 Å². The standard InChI is InChI=1S/C19H23FN2O4S/c1-26-18-8-3-5-15(13-18)9-11-22(27(2,24)25)12-10-19(23)21-17-7-4-6-16(20)14-17/h3-8,13-14H,9-12H2,1-2H3,(H,21,23). The first-order chi connectivity index (χ1) is 12.8. The molecule has 0 unspecified atom stereocenters. The molecule has 0 radical (unpaired) electrons. The van der Waals surface area contributed by atoms with Crippen molar-refractivity contribution in [1.82, 2.24) is 4.31 Å². The SMILES string of the molecule is COc1cccc(CCN(CCC(=O)Nc2cccc(F)c2)S(C)(=O)=O)c1. The Kier molecular flexibility index (Phi) is 7.32. The van der Waals surface area contributed by atoms with E-state index in [9.17, 15) is 17.6 Å². The minimum atomic E-state index is -3.46. The maximum absolute atomic E-state index is 13.2. The van der Waals surface area contributed by atoms with Crippen LogP contribution in [0.3, 0.4) is 0 Å². The maximum Gasteiger partial charge on any atom is 0.225 e. The van der Waals surface area contributed by atoms with Crippen molar-refractivity contribution in [1.29, 1.82) is 0 Å². The number of carbonyl (C=O) groups is 1. The summed E-state index contributed by atoms with van der Waals surface area (Å²) >= 11 is 0. The molecule has 2 aromatic rings. The number of amides is 1. The highest BCUT2D eigenvalue weighted by Gasteiger charge is 2.18. The van der Waals surface area contributed by atoms with E-state index in [1.807, 2.05) is 24.3 Å². The van der Waals surface area contributed by atoms with Gasteiger partial charge in [0.1, 0.15) is 11.6 Å². The molecule has 2 aromatic carbocycles. The normalized spacial score (nSPS) is 11.4. The van der Waals surface area contributed by atoms with Crippen molar-refractivity contribution >= 4 is 21.6 Å². The Hall–Kier alpha value is -2.45. The Morgan fingerprint density at radius 3 is 2.56 bits per heavy atom. The van der Waals surface area contributed by atoms with Crippen LogP contribution in [0.25, 0.3) is 0 Å². The molecule has 0 aliphatic carbocycles. The second kappa shape index (κ2) is 9.48. The molecule has 6 nitrogen and oxygen atoms in total. The van der Waals surface area contributed by atoms with Gasteiger partial charge >= 0.3 is 0 Å². The lowest BCUT2D eigenvalue weighted by Gasteiger charge is -2.20. The molecule has 8 heteroatoms. The highest BCUT2D eigenvalue weighted by molar-refractivity contribution is 7.88. The maximum atomic E-state index is 13.2. The number of ether oxygens (including phenoxy) is 1. The van der Waals surface area contributed by atoms with Crippen LogP contribution in [0.4, 0.5) is 10.1 Å². The van der Waals surface area contributed by atoms with Crippen LogP contribution in [0.5, 0.6) is 5.75 Å². The Morgan fingerprint density at radius 2 is 1.89 bits per heavy atom. The number of hydrogen-bond donors (Lipinski definition) is 1. The summed E-state index contributed by atoms with van der Waals surface area (Å²) in [6.45, 7) is 0.295. The zero-order valence-corrected chi connectivity index (χ0v) is 16.1. The summed E-state index contributed by atoms with van der Waals surface area (Å²) in [4.78, 5) is 12.0. The number of anilines is 1. The van der Waals surface area contributed by atoms with Crippen molar-refractivity contribution in [3.05, 3.63) is 59.9 Å². The zero-order chi connectivity index (χ0) is 19.9. The van der Waals surface area contributed by atoms with E-state index in [4.69, 9.17) is 4.74 Å². The van der Waals surface area contributed by atoms with Gasteiger partial charge in [0.15, 0.2) is 0 Å². The van der Waals surface area contributed by atoms with Gasteiger partial charge in [-0.05, 0) is 42.3 Å². The molecule has 0 aliphatic rings. The highest BCUT2D eigenvalue weighted by Crippen LogP contribution is 2.14. The van der Waals surface area contributed by atoms with Crippen molar-refractivity contribution in [3.63, 3.8) is 0 Å². The molecule has 1 N–H and O–H groups in total. The summed E-state index contributed by atoms with van der Waals surface area (Å²) in [6, 6.07) is 12.9. The quantitative estimate of drug-likeness (QED) is 0.710. The fourth-order valence-electron chi connectivity index (χ4n) is 2.54. The molecule has 0 atom stereocenters. The molecule has 0 bridgehead atoms. The number of rotatable bonds is 9. The van der Waals surface area contributed by atoms with Crippen molar-refractivity contribution in [3.8, 4) is 5.75 Å². The average molecular weight is 394 g/mol. The number of nitrogens with zero attached hydrogens (tertiary/aromatic N) is 1. The molecular formula is C19H23FN2O4S. The Bertz CT molecular complexity index is 887. The van der Waals surface area contributed by atoms with Crippen LogP contribution in [0, 0.1) is 5.82 Å². The van der Waals surface area contributed by atoms with E-state index in [1.54, 1.807) is 13.2 Å². The van der Waals surface area contributed by atoms with Gasteiger partial charge in [0.2, 0.25) is 15.9 Å². The molecule has 0 aliphatic heterocycles. The average Bonchev–Trinajstić information content (AvgIpc) is 2.60. The third-order valence-electron chi connectivity index (χ3n) is 3.95. The largest absolute Gasteiger partial charge is 0.497 e. The molecule has 0 saturated heterocycles. The fraction of sp³-hybridized carbons (Fsp3) is 0.316. The van der Waals surface area contributed by atoms with E-state index in [2.05, 4.69) is 5.32 Å². The zero-order valence-electron chi connectivity index (χ0n) is 15.3. The molecule has 0 aromatic heterocycles. The van der Waals surface area contributed by atoms with Gasteiger partial charge in [-0.25, -0.2) is 17.1 Å². The van der Waals surface area contributed by atoms with Gasteiger partial charge in [-0.2, -0.15) is 0 Å². The first-order valence-electron chi connectivity index (χ1n) is 8.41. The van der Waals surface area contributed by atoms with Crippen LogP contribution in [0.1, 0.15) is 12.0 Å². The molecule has 146 valence electrons. The summed E-state index contributed by atoms with van der Waals surface area (Å²) in [5.74, 6) is -0.132. The van der Waals surface area contributed by atoms with Crippen LogP contribution >= 0.6 is 0 Å². The van der Waals surface area contributed by atoms with E-state index in [0.29, 0.717) is 17.9 Å². The molecule has 2 rings (SSSR count). The molecule has 0 fully saturated rings. The number of methoxy groups -OCH3 is 1. The summed E-state index contributed by atoms with van der Waals surface area (Å²) in [5, 5.41) is 2.56. The monoisotopic (exact) mass is 394 g/mol. The van der Waals surface area contributed by atoms with E-state index >= 15 is 0 Å². The lowest BCUT2D eigenvalue weighted by Crippen LogP contribution is -2.34. The Balaban J connectivity index is 1.93. The first-order valence-corrected chi connectivity index (χ1v) is 10.3. The number of carbonyl (C=O) groups excluding carboxylic acids is 1. The van der Waals surface area contributed by atoms with Gasteiger partial charge in [0, 0.05) is 25.2 Å². The first kappa shape index (κ1) is 20.9. The van der Waals surface area contributed by atoms with Crippen LogP contribution in [-0.2, 0) is 21.2 Å². The number of hydrogen-bond acceptors (Lipinski definition) is 4. The molecule has 0 heterocycles. The fourth-order valence-corrected chi connectivity index (χ4v) is 3.39. The van der Waals surface area contributed by atoms with Gasteiger partial charge in [0.05, 0.1) is 13.4 Å². The predicted octanol–water partition coefficient (Wildman–Crippen LogP) is 2.67. The second-order valence-corrected chi connectivity index (χ2v) is 8.05. The summed E-state index contributed by atoms with van der Waals surface area (Å²) < 4.78 is 43.6. The summed E-state index contributed by atoms with van der Waals surface area (Å²) in [7, 11) is -1.90. The third-order valence-corrected chi connectivity index (χ3v) is 5.25. The lowest BCUT2D eigenvalue weighted by molar-refractivity contribution is -0.116. The number of nitrogens with one attached hydrogen (secondary N) is 1. The van der Waals surface area contributed by atoms with E-state index in [0.717, 1.165) is 11.8 Å². The molecule has 0 spiro atoms. The van der Waals surface area contributed by atoms with Crippen LogP contribution in [0.15, 0.2) is 48.5 Å². The summed E-state index contributed by atoms with van der Waals surface area (Å²) in [5.41, 5.74) is 1.27. The minimum absolute atomic E-state index is 0.0261. The second-order valence-electron chi connectivity index (χ2n) is 6.07. The van der Waals surface area contributed by atoms with Crippen molar-refractivity contribution < 1.29 is 22.3 Å². The topological polar surface area (TPSA) is 75.7 Å². The van der Waals surface area contributed by atoms with Gasteiger partial charge in [-0.3, -0.25) is 4.79 Å². The number of halogens is 1. The number of benzene rings is 2. The third kappa shape index (κ3) is 6.99. The molecule has 27 heavy (non-hydrogen) atoms. The van der Waals surface area contributed by atoms with Crippen molar-refractivity contribution in [2.24, 2.45) is 0 Å². The highest BCUT2D eigenvalue weighted by atomic mass is 32.2. The Morgan fingerprint density at radius 1 is 1.15 bits per heavy atom. The summed E-state index contributed by atoms with van der Waals surface area (Å²) in [6.07, 6.45) is 1.58. The van der Waals surface area contributed by atoms with E-state index in [-0.39, 0.29) is 25.4 Å². The van der Waals surface area contributed by atoms with Crippen molar-refractivity contribution in [2.75, 3.05) is 31.8 Å². The number of sulfonamides is 1. The predicted molar refractivity (Wildman–Crippen MR) is 103 cm³/mol. The Labute approximate surface area is 159 Å². The van der Waals surface area contributed by atoms with Gasteiger partial charge in [-0.15, -0.1) is 0 Å². The lowest BCUT2D eigenvalue weighted by atomic mass is 10.1. The van der Waals surface area contributed by atoms with Crippen LogP contribution in [-0.4, -0.2) is 45.1 Å². The van der Waals surface area contributed by atoms with Gasteiger partial charge in [-0.1, -0.05) is 18.2 Å². The van der Waals surface area contributed by atoms with E-state index < -0.39 is 15.8 Å². The van der Waals surface area contributed by atoms with Crippen molar-refractivity contribution in [2.45, 2.75) is 12.8 Å². The minimum Gasteiger partial charge on any atom is -0.497 e. The van der Waals surface area contributed by atoms with Crippen LogP contribution < -0.4 is 10.1 Å². The molecule has 0 saturated carbocycles. The molecular weight excluding hydrogens is 371 g/mol. The van der Waals surface area contributed by atoms with E-state index in [1.165, 1.54) is 22.5 Å². The van der Waals surface area contributed by atoms with Gasteiger partial charge in [0.25, 0.3) is 0 Å². The van der Waals surface area contributed by atoms with Crippen LogP contribution in [0.2, 0.25) is 0 Å². The molecule has 1 amide bonds. The smallest absolute Gasteiger partial charge is 0.225 e.